The first-order valence-corrected chi connectivity index (χ1v) is 9.58. The summed E-state index contributed by atoms with van der Waals surface area (Å²) in [6.45, 7) is 6.56. The zero-order chi connectivity index (χ0) is 18.5. The molecule has 0 unspecified atom stereocenters. The van der Waals surface area contributed by atoms with E-state index in [-0.39, 0.29) is 5.91 Å². The second-order valence-corrected chi connectivity index (χ2v) is 7.04. The number of carbonyl (C=O) groups is 1. The number of aromatic nitrogens is 1. The van der Waals surface area contributed by atoms with Crippen LogP contribution in [0.3, 0.4) is 0 Å². The molecular formula is C21H22N2O2S. The molecule has 0 saturated heterocycles. The molecule has 0 aliphatic heterocycles. The van der Waals surface area contributed by atoms with Crippen molar-refractivity contribution in [1.29, 1.82) is 0 Å². The van der Waals surface area contributed by atoms with Crippen molar-refractivity contribution in [2.24, 2.45) is 0 Å². The van der Waals surface area contributed by atoms with Crippen LogP contribution in [0.25, 0.3) is 10.9 Å². The van der Waals surface area contributed by atoms with Crippen LogP contribution < -0.4 is 10.1 Å². The second-order valence-electron chi connectivity index (χ2n) is 6.07. The summed E-state index contributed by atoms with van der Waals surface area (Å²) in [5.74, 6) is 0.905. The van der Waals surface area contributed by atoms with Crippen molar-refractivity contribution in [2.75, 3.05) is 17.7 Å². The summed E-state index contributed by atoms with van der Waals surface area (Å²) >= 11 is 1.45. The van der Waals surface area contributed by atoms with Crippen molar-refractivity contribution in [3.05, 3.63) is 59.7 Å². The summed E-state index contributed by atoms with van der Waals surface area (Å²) in [7, 11) is 0. The van der Waals surface area contributed by atoms with Crippen molar-refractivity contribution < 1.29 is 9.53 Å². The fourth-order valence-corrected chi connectivity index (χ4v) is 3.47. The van der Waals surface area contributed by atoms with Crippen LogP contribution in [0.5, 0.6) is 5.75 Å². The average Bonchev–Trinajstić information content (AvgIpc) is 2.62. The molecule has 0 saturated carbocycles. The first kappa shape index (κ1) is 18.3. The van der Waals surface area contributed by atoms with E-state index in [1.165, 1.54) is 17.3 Å². The number of amides is 1. The molecular weight excluding hydrogens is 344 g/mol. The quantitative estimate of drug-likeness (QED) is 0.625. The molecule has 1 amide bonds. The van der Waals surface area contributed by atoms with Crippen molar-refractivity contribution in [2.45, 2.75) is 25.8 Å². The van der Waals surface area contributed by atoms with Crippen LogP contribution in [0.15, 0.2) is 53.6 Å². The lowest BCUT2D eigenvalue weighted by Gasteiger charge is -2.11. The van der Waals surface area contributed by atoms with Gasteiger partial charge in [0.15, 0.2) is 0 Å². The lowest BCUT2D eigenvalue weighted by molar-refractivity contribution is -0.113. The number of nitrogens with one attached hydrogen (secondary N) is 1. The third-order valence-electron chi connectivity index (χ3n) is 3.92. The minimum absolute atomic E-state index is 0.0762. The van der Waals surface area contributed by atoms with E-state index in [1.807, 2.05) is 38.1 Å². The fourth-order valence-electron chi connectivity index (χ4n) is 2.68. The van der Waals surface area contributed by atoms with E-state index in [2.05, 4.69) is 36.5 Å². The fraction of sp³-hybridized carbons (Fsp3) is 0.238. The van der Waals surface area contributed by atoms with E-state index in [4.69, 9.17) is 9.72 Å². The van der Waals surface area contributed by atoms with Crippen molar-refractivity contribution in [3.8, 4) is 5.75 Å². The molecule has 2 aromatic carbocycles. The normalized spacial score (nSPS) is 10.7. The number of para-hydroxylation sites is 2. The highest BCUT2D eigenvalue weighted by atomic mass is 32.2. The summed E-state index contributed by atoms with van der Waals surface area (Å²) in [4.78, 5) is 17.1. The van der Waals surface area contributed by atoms with Gasteiger partial charge in [0, 0.05) is 5.39 Å². The summed E-state index contributed by atoms with van der Waals surface area (Å²) in [6, 6.07) is 15.8. The van der Waals surface area contributed by atoms with Crippen LogP contribution in [0, 0.1) is 13.8 Å². The van der Waals surface area contributed by atoms with Gasteiger partial charge in [-0.3, -0.25) is 4.79 Å². The first-order chi connectivity index (χ1) is 12.6. The summed E-state index contributed by atoms with van der Waals surface area (Å²) in [5.41, 5.74) is 3.91. The van der Waals surface area contributed by atoms with Crippen LogP contribution in [-0.2, 0) is 4.79 Å². The van der Waals surface area contributed by atoms with Crippen molar-refractivity contribution in [3.63, 3.8) is 0 Å². The molecule has 3 aromatic rings. The minimum atomic E-state index is -0.0762. The number of anilines is 1. The summed E-state index contributed by atoms with van der Waals surface area (Å²) in [6.07, 6.45) is 0. The van der Waals surface area contributed by atoms with E-state index in [0.717, 1.165) is 21.5 Å². The van der Waals surface area contributed by atoms with E-state index < -0.39 is 0 Å². The Morgan fingerprint density at radius 3 is 2.77 bits per heavy atom. The predicted octanol–water partition coefficient (Wildman–Crippen LogP) is 4.98. The minimum Gasteiger partial charge on any atom is -0.492 e. The number of nitrogens with zero attached hydrogens (tertiary/aromatic N) is 1. The Morgan fingerprint density at radius 1 is 1.15 bits per heavy atom. The molecule has 0 aliphatic carbocycles. The maximum absolute atomic E-state index is 12.4. The number of hydrogen-bond donors (Lipinski definition) is 1. The molecule has 3 rings (SSSR count). The van der Waals surface area contributed by atoms with Crippen LogP contribution in [0.4, 0.5) is 5.69 Å². The molecule has 0 spiro atoms. The second kappa shape index (κ2) is 8.23. The monoisotopic (exact) mass is 366 g/mol. The Morgan fingerprint density at radius 2 is 1.96 bits per heavy atom. The Hall–Kier alpha value is -2.53. The Balaban J connectivity index is 1.70. The first-order valence-electron chi connectivity index (χ1n) is 8.59. The number of thioether (sulfide) groups is 1. The molecule has 26 heavy (non-hydrogen) atoms. The highest BCUT2D eigenvalue weighted by molar-refractivity contribution is 8.00. The van der Waals surface area contributed by atoms with Gasteiger partial charge in [0.2, 0.25) is 5.91 Å². The summed E-state index contributed by atoms with van der Waals surface area (Å²) < 4.78 is 5.55. The third-order valence-corrected chi connectivity index (χ3v) is 5.01. The Kier molecular flexibility index (Phi) is 5.78. The number of fused-ring (bicyclic) bond motifs is 1. The Bertz CT molecular complexity index is 940. The smallest absolute Gasteiger partial charge is 0.234 e. The average molecular weight is 366 g/mol. The zero-order valence-corrected chi connectivity index (χ0v) is 16.0. The van der Waals surface area contributed by atoms with Gasteiger partial charge in [-0.25, -0.2) is 4.98 Å². The molecule has 4 nitrogen and oxygen atoms in total. The Labute approximate surface area is 158 Å². The molecule has 1 N–H and O–H groups in total. The van der Waals surface area contributed by atoms with E-state index in [1.54, 1.807) is 0 Å². The van der Waals surface area contributed by atoms with Gasteiger partial charge in [-0.2, -0.15) is 0 Å². The van der Waals surface area contributed by atoms with E-state index in [0.29, 0.717) is 23.8 Å². The van der Waals surface area contributed by atoms with Gasteiger partial charge in [-0.05, 0) is 56.2 Å². The topological polar surface area (TPSA) is 51.2 Å². The number of ether oxygens (including phenoxy) is 1. The molecule has 1 aromatic heterocycles. The molecule has 134 valence electrons. The molecule has 0 radical (unpaired) electrons. The van der Waals surface area contributed by atoms with Crippen LogP contribution in [-0.4, -0.2) is 23.3 Å². The highest BCUT2D eigenvalue weighted by Gasteiger charge is 2.10. The largest absolute Gasteiger partial charge is 0.492 e. The summed E-state index contributed by atoms with van der Waals surface area (Å²) in [5, 5.41) is 4.92. The van der Waals surface area contributed by atoms with Gasteiger partial charge in [-0.15, -0.1) is 0 Å². The van der Waals surface area contributed by atoms with Gasteiger partial charge in [0.1, 0.15) is 10.8 Å². The van der Waals surface area contributed by atoms with Gasteiger partial charge in [-0.1, -0.05) is 36.0 Å². The van der Waals surface area contributed by atoms with Crippen LogP contribution in [0.2, 0.25) is 0 Å². The molecule has 0 aliphatic rings. The van der Waals surface area contributed by atoms with E-state index >= 15 is 0 Å². The zero-order valence-electron chi connectivity index (χ0n) is 15.2. The molecule has 5 heteroatoms. The number of carbonyl (C=O) groups excluding carboxylic acids is 1. The third kappa shape index (κ3) is 4.35. The number of rotatable bonds is 6. The standard InChI is InChI=1S/C21H22N2O2S/c1-4-25-19-8-6-5-7-17(19)22-20(24)13-26-21-15(3)12-16-10-9-14(2)11-18(16)23-21/h5-12H,4,13H2,1-3H3,(H,22,24). The van der Waals surface area contributed by atoms with Gasteiger partial charge >= 0.3 is 0 Å². The maximum atomic E-state index is 12.4. The van der Waals surface area contributed by atoms with Gasteiger partial charge in [0.05, 0.1) is 23.6 Å². The van der Waals surface area contributed by atoms with Crippen molar-refractivity contribution >= 4 is 34.3 Å². The molecule has 0 fully saturated rings. The maximum Gasteiger partial charge on any atom is 0.234 e. The number of aryl methyl sites for hydroxylation is 2. The predicted molar refractivity (Wildman–Crippen MR) is 108 cm³/mol. The number of hydrogen-bond acceptors (Lipinski definition) is 4. The molecule has 0 bridgehead atoms. The molecule has 0 atom stereocenters. The SMILES string of the molecule is CCOc1ccccc1NC(=O)CSc1nc2cc(C)ccc2cc1C. The van der Waals surface area contributed by atoms with Crippen LogP contribution in [0.1, 0.15) is 18.1 Å². The van der Waals surface area contributed by atoms with Crippen molar-refractivity contribution in [1.82, 2.24) is 4.98 Å². The van der Waals surface area contributed by atoms with E-state index in [9.17, 15) is 4.79 Å². The lowest BCUT2D eigenvalue weighted by atomic mass is 10.1. The number of benzene rings is 2. The van der Waals surface area contributed by atoms with Gasteiger partial charge < -0.3 is 10.1 Å². The highest BCUT2D eigenvalue weighted by Crippen LogP contribution is 2.27. The molecule has 1 heterocycles. The number of pyridine rings is 1. The van der Waals surface area contributed by atoms with Gasteiger partial charge in [0.25, 0.3) is 0 Å². The van der Waals surface area contributed by atoms with Crippen LogP contribution >= 0.6 is 11.8 Å². The lowest BCUT2D eigenvalue weighted by Crippen LogP contribution is -2.15.